The molecular weight excluding hydrogens is 506 g/mol. The second-order valence-corrected chi connectivity index (χ2v) is 10.5. The van der Waals surface area contributed by atoms with E-state index in [-0.39, 0.29) is 31.0 Å². The number of esters is 1. The van der Waals surface area contributed by atoms with Crippen molar-refractivity contribution in [1.29, 1.82) is 0 Å². The van der Waals surface area contributed by atoms with Crippen molar-refractivity contribution in [3.05, 3.63) is 62.6 Å². The maximum Gasteiger partial charge on any atom is 0.336 e. The first-order valence-corrected chi connectivity index (χ1v) is 13.5. The number of allylic oxidation sites excluding steroid dienone is 3. The van der Waals surface area contributed by atoms with Crippen molar-refractivity contribution < 1.29 is 33.3 Å². The molecule has 0 bridgehead atoms. The lowest BCUT2D eigenvalue weighted by Gasteiger charge is -2.36. The van der Waals surface area contributed by atoms with Gasteiger partial charge in [-0.15, -0.1) is 11.3 Å². The fraction of sp³-hybridized carbons (Fsp3) is 0.448. The lowest BCUT2D eigenvalue weighted by Crippen LogP contribution is -2.36. The highest BCUT2D eigenvalue weighted by molar-refractivity contribution is 7.10. The zero-order valence-corrected chi connectivity index (χ0v) is 23.5. The number of ketones is 1. The molecule has 1 aromatic heterocycles. The number of Topliss-reactive ketones (excluding diaryl/α,β-unsaturated/α-hetero) is 1. The van der Waals surface area contributed by atoms with Crippen LogP contribution in [-0.2, 0) is 19.1 Å². The van der Waals surface area contributed by atoms with Crippen LogP contribution in [0.4, 0.5) is 0 Å². The number of benzene rings is 1. The van der Waals surface area contributed by atoms with Gasteiger partial charge in [-0.3, -0.25) is 4.79 Å². The number of methoxy groups -OCH3 is 3. The molecule has 0 saturated carbocycles. The highest BCUT2D eigenvalue weighted by Gasteiger charge is 2.42. The van der Waals surface area contributed by atoms with Crippen LogP contribution in [0.2, 0.25) is 0 Å². The Morgan fingerprint density at radius 3 is 2.37 bits per heavy atom. The van der Waals surface area contributed by atoms with Gasteiger partial charge in [0.2, 0.25) is 5.75 Å². The first-order chi connectivity index (χ1) is 18.3. The molecule has 1 aliphatic carbocycles. The number of rotatable bonds is 10. The van der Waals surface area contributed by atoms with E-state index in [0.29, 0.717) is 52.5 Å². The fourth-order valence-corrected chi connectivity index (χ4v) is 5.96. The molecule has 0 radical (unpaired) electrons. The van der Waals surface area contributed by atoms with Gasteiger partial charge in [-0.25, -0.2) is 4.79 Å². The summed E-state index contributed by atoms with van der Waals surface area (Å²) in [6, 6.07) is 7.66. The average Bonchev–Trinajstić information content (AvgIpc) is 3.44. The Hall–Kier alpha value is -3.30. The zero-order chi connectivity index (χ0) is 27.4. The van der Waals surface area contributed by atoms with Crippen LogP contribution >= 0.6 is 11.3 Å². The van der Waals surface area contributed by atoms with Crippen LogP contribution in [0.3, 0.4) is 0 Å². The minimum atomic E-state index is -0.657. The smallest absolute Gasteiger partial charge is 0.336 e. The molecular formula is C29H35NO7S. The Labute approximate surface area is 227 Å². The third-order valence-electron chi connectivity index (χ3n) is 6.78. The van der Waals surface area contributed by atoms with Gasteiger partial charge in [-0.2, -0.15) is 0 Å². The number of ether oxygens (including phenoxy) is 5. The third kappa shape index (κ3) is 5.59. The molecule has 1 aliphatic heterocycles. The summed E-state index contributed by atoms with van der Waals surface area (Å²) in [5, 5.41) is 5.41. The Kier molecular flexibility index (Phi) is 8.79. The largest absolute Gasteiger partial charge is 0.493 e. The van der Waals surface area contributed by atoms with Gasteiger partial charge in [0.05, 0.1) is 39.6 Å². The quantitative estimate of drug-likeness (QED) is 0.328. The van der Waals surface area contributed by atoms with Crippen molar-refractivity contribution in [2.24, 2.45) is 0 Å². The number of carbonyl (C=O) groups excluding carboxylic acids is 2. The summed E-state index contributed by atoms with van der Waals surface area (Å²) in [6.45, 7) is 6.08. The maximum absolute atomic E-state index is 13.8. The Balaban J connectivity index is 1.79. The van der Waals surface area contributed by atoms with Crippen LogP contribution < -0.4 is 19.5 Å². The first-order valence-electron chi connectivity index (χ1n) is 12.6. The predicted molar refractivity (Wildman–Crippen MR) is 145 cm³/mol. The molecule has 0 saturated heterocycles. The topological polar surface area (TPSA) is 92.3 Å². The minimum Gasteiger partial charge on any atom is -0.493 e. The molecule has 2 atom stereocenters. The van der Waals surface area contributed by atoms with Gasteiger partial charge in [-0.05, 0) is 56.3 Å². The van der Waals surface area contributed by atoms with Crippen LogP contribution in [0.5, 0.6) is 17.2 Å². The minimum absolute atomic E-state index is 0.00292. The van der Waals surface area contributed by atoms with Crippen LogP contribution in [0.15, 0.2) is 52.2 Å². The fourth-order valence-electron chi connectivity index (χ4n) is 5.13. The van der Waals surface area contributed by atoms with Crippen LogP contribution in [-0.4, -0.2) is 52.4 Å². The molecule has 9 heteroatoms. The van der Waals surface area contributed by atoms with Gasteiger partial charge < -0.3 is 29.0 Å². The summed E-state index contributed by atoms with van der Waals surface area (Å²) >= 11 is 1.65. The van der Waals surface area contributed by atoms with E-state index in [1.54, 1.807) is 23.5 Å². The molecule has 38 heavy (non-hydrogen) atoms. The molecule has 1 N–H and O–H groups in total. The SMILES string of the molecule is COc1cc([C@H]2C(C(=O)OCCOC(C)C)=C(C)NC3=C2C(=O)C[C@@H](c2cccs2)C3)cc(OC)c1OC. The van der Waals surface area contributed by atoms with Crippen molar-refractivity contribution >= 4 is 23.1 Å². The number of hydrogen-bond donors (Lipinski definition) is 1. The van der Waals surface area contributed by atoms with E-state index in [9.17, 15) is 9.59 Å². The number of dihydropyridines is 1. The molecule has 0 unspecified atom stereocenters. The molecule has 2 aliphatic rings. The normalized spacial score (nSPS) is 19.3. The summed E-state index contributed by atoms with van der Waals surface area (Å²) < 4.78 is 27.9. The van der Waals surface area contributed by atoms with Gasteiger partial charge >= 0.3 is 5.97 Å². The summed E-state index contributed by atoms with van der Waals surface area (Å²) in [5.41, 5.74) is 3.11. The molecule has 0 spiro atoms. The molecule has 2 aromatic rings. The Morgan fingerprint density at radius 1 is 1.08 bits per heavy atom. The monoisotopic (exact) mass is 541 g/mol. The number of thiophene rings is 1. The van der Waals surface area contributed by atoms with Crippen molar-refractivity contribution in [2.45, 2.75) is 51.6 Å². The van der Waals surface area contributed by atoms with Gasteiger partial charge in [-0.1, -0.05) is 6.07 Å². The molecule has 8 nitrogen and oxygen atoms in total. The first kappa shape index (κ1) is 27.7. The van der Waals surface area contributed by atoms with Gasteiger partial charge in [0.1, 0.15) is 6.61 Å². The second-order valence-electron chi connectivity index (χ2n) is 9.55. The number of nitrogens with one attached hydrogen (secondary N) is 1. The Bertz CT molecular complexity index is 1220. The number of carbonyl (C=O) groups is 2. The van der Waals surface area contributed by atoms with E-state index in [1.807, 2.05) is 32.2 Å². The van der Waals surface area contributed by atoms with Crippen molar-refractivity contribution in [3.8, 4) is 17.2 Å². The van der Waals surface area contributed by atoms with Crippen molar-refractivity contribution in [2.75, 3.05) is 34.5 Å². The van der Waals surface area contributed by atoms with Crippen molar-refractivity contribution in [1.82, 2.24) is 5.32 Å². The van der Waals surface area contributed by atoms with Crippen LogP contribution in [0.25, 0.3) is 0 Å². The van der Waals surface area contributed by atoms with Crippen LogP contribution in [0.1, 0.15) is 55.9 Å². The highest BCUT2D eigenvalue weighted by atomic mass is 32.1. The maximum atomic E-state index is 13.8. The second kappa shape index (κ2) is 12.0. The lowest BCUT2D eigenvalue weighted by atomic mass is 9.72. The molecule has 4 rings (SSSR count). The van der Waals surface area contributed by atoms with E-state index in [2.05, 4.69) is 11.4 Å². The molecule has 1 aromatic carbocycles. The van der Waals surface area contributed by atoms with Crippen LogP contribution in [0, 0.1) is 0 Å². The predicted octanol–water partition coefficient (Wildman–Crippen LogP) is 5.10. The summed E-state index contributed by atoms with van der Waals surface area (Å²) in [4.78, 5) is 28.5. The average molecular weight is 542 g/mol. The van der Waals surface area contributed by atoms with E-state index in [1.165, 1.54) is 26.2 Å². The number of hydrogen-bond acceptors (Lipinski definition) is 9. The third-order valence-corrected chi connectivity index (χ3v) is 7.82. The molecule has 0 amide bonds. The summed E-state index contributed by atoms with van der Waals surface area (Å²) in [7, 11) is 4.61. The van der Waals surface area contributed by atoms with E-state index >= 15 is 0 Å². The Morgan fingerprint density at radius 2 is 1.79 bits per heavy atom. The van der Waals surface area contributed by atoms with E-state index < -0.39 is 11.9 Å². The molecule has 204 valence electrons. The van der Waals surface area contributed by atoms with Gasteiger partial charge in [0.15, 0.2) is 17.3 Å². The highest BCUT2D eigenvalue weighted by Crippen LogP contribution is 2.49. The zero-order valence-electron chi connectivity index (χ0n) is 22.7. The van der Waals surface area contributed by atoms with Gasteiger partial charge in [0, 0.05) is 40.1 Å². The van der Waals surface area contributed by atoms with E-state index in [4.69, 9.17) is 23.7 Å². The van der Waals surface area contributed by atoms with Crippen molar-refractivity contribution in [3.63, 3.8) is 0 Å². The molecule has 0 fully saturated rings. The van der Waals surface area contributed by atoms with E-state index in [0.717, 1.165) is 5.70 Å². The standard InChI is InChI=1S/C29H35NO7S/c1-16(2)36-9-10-37-29(32)25-17(3)30-20-12-18(24-8-7-11-38-24)13-21(31)27(20)26(25)19-14-22(33-4)28(35-6)23(15-19)34-5/h7-8,11,14-16,18,26,30H,9-10,12-13H2,1-6H3/t18-,26-/m0/s1. The lowest BCUT2D eigenvalue weighted by molar-refractivity contribution is -0.141. The molecule has 2 heterocycles. The van der Waals surface area contributed by atoms with Gasteiger partial charge in [0.25, 0.3) is 0 Å². The summed E-state index contributed by atoms with van der Waals surface area (Å²) in [5.74, 6) is 0.248. The summed E-state index contributed by atoms with van der Waals surface area (Å²) in [6.07, 6.45) is 1.07.